The minimum Gasteiger partial charge on any atom is -0.386 e. The van der Waals surface area contributed by atoms with Gasteiger partial charge in [0.1, 0.15) is 6.10 Å². The van der Waals surface area contributed by atoms with Crippen LogP contribution in [0.15, 0.2) is 12.1 Å². The zero-order valence-corrected chi connectivity index (χ0v) is 8.73. The molecule has 74 valence electrons. The molecule has 0 aliphatic rings. The third kappa shape index (κ3) is 3.43. The lowest BCUT2D eigenvalue weighted by atomic mass is 10.3. The molecule has 0 amide bonds. The molecule has 1 heterocycles. The fraction of sp³-hybridized carbons (Fsp3) is 0.429. The van der Waals surface area contributed by atoms with E-state index < -0.39 is 21.9 Å². The summed E-state index contributed by atoms with van der Waals surface area (Å²) in [5.41, 5.74) is 0. The molecule has 0 spiro atoms. The summed E-state index contributed by atoms with van der Waals surface area (Å²) in [6.45, 7) is 1.89. The Balaban J connectivity index is 2.75. The van der Waals surface area contributed by atoms with E-state index in [0.717, 1.165) is 4.88 Å². The number of hydrogen-bond donors (Lipinski definition) is 2. The van der Waals surface area contributed by atoms with Gasteiger partial charge in [0, 0.05) is 9.75 Å². The molecule has 3 N–H and O–H groups in total. The van der Waals surface area contributed by atoms with Gasteiger partial charge in [-0.15, -0.1) is 11.3 Å². The smallest absolute Gasteiger partial charge is 0.212 e. The average Bonchev–Trinajstić information content (AvgIpc) is 2.31. The molecule has 4 nitrogen and oxygen atoms in total. The predicted molar refractivity (Wildman–Crippen MR) is 52.0 cm³/mol. The van der Waals surface area contributed by atoms with Gasteiger partial charge < -0.3 is 5.11 Å². The summed E-state index contributed by atoms with van der Waals surface area (Å²) < 4.78 is 21.3. The number of aryl methyl sites for hydroxylation is 1. The van der Waals surface area contributed by atoms with Gasteiger partial charge in [-0.3, -0.25) is 0 Å². The summed E-state index contributed by atoms with van der Waals surface area (Å²) in [5, 5.41) is 14.2. The molecule has 0 aromatic carbocycles. The van der Waals surface area contributed by atoms with E-state index >= 15 is 0 Å². The van der Waals surface area contributed by atoms with Gasteiger partial charge in [-0.2, -0.15) is 0 Å². The molecule has 0 fully saturated rings. The van der Waals surface area contributed by atoms with Crippen LogP contribution in [0, 0.1) is 6.92 Å². The van der Waals surface area contributed by atoms with Gasteiger partial charge in [0.25, 0.3) is 0 Å². The number of aliphatic hydroxyl groups excluding tert-OH is 1. The quantitative estimate of drug-likeness (QED) is 0.774. The fourth-order valence-electron chi connectivity index (χ4n) is 0.935. The van der Waals surface area contributed by atoms with E-state index in [4.69, 9.17) is 5.14 Å². The van der Waals surface area contributed by atoms with E-state index in [1.54, 1.807) is 6.07 Å². The number of thiophene rings is 1. The van der Waals surface area contributed by atoms with Crippen molar-refractivity contribution in [2.75, 3.05) is 5.75 Å². The first-order valence-electron chi connectivity index (χ1n) is 3.63. The molecule has 0 aliphatic carbocycles. The van der Waals surface area contributed by atoms with Crippen molar-refractivity contribution >= 4 is 21.4 Å². The molecule has 6 heteroatoms. The number of primary sulfonamides is 1. The van der Waals surface area contributed by atoms with Gasteiger partial charge in [0.2, 0.25) is 10.0 Å². The summed E-state index contributed by atoms with van der Waals surface area (Å²) in [7, 11) is -3.61. The highest BCUT2D eigenvalue weighted by Crippen LogP contribution is 2.23. The Kier molecular flexibility index (Phi) is 3.07. The van der Waals surface area contributed by atoms with Crippen molar-refractivity contribution in [3.63, 3.8) is 0 Å². The van der Waals surface area contributed by atoms with Crippen molar-refractivity contribution in [2.45, 2.75) is 13.0 Å². The molecular weight excluding hydrogens is 210 g/mol. The van der Waals surface area contributed by atoms with Gasteiger partial charge in [-0.1, -0.05) is 0 Å². The molecule has 13 heavy (non-hydrogen) atoms. The average molecular weight is 221 g/mol. The molecule has 1 aromatic rings. The van der Waals surface area contributed by atoms with Crippen LogP contribution in [0.25, 0.3) is 0 Å². The molecule has 0 aliphatic heterocycles. The Bertz CT molecular complexity index is 382. The molecule has 1 rings (SSSR count). The summed E-state index contributed by atoms with van der Waals surface area (Å²) in [5.74, 6) is -0.424. The van der Waals surface area contributed by atoms with E-state index in [1.807, 2.05) is 13.0 Å². The maximum absolute atomic E-state index is 10.6. The third-order valence-electron chi connectivity index (χ3n) is 1.48. The lowest BCUT2D eigenvalue weighted by Crippen LogP contribution is -2.21. The maximum atomic E-state index is 10.6. The standard InChI is InChI=1S/C7H11NO3S2/c1-5-2-3-7(12-5)6(9)4-13(8,10)11/h2-3,6,9H,4H2,1H3,(H2,8,10,11). The summed E-state index contributed by atoms with van der Waals surface area (Å²) in [6.07, 6.45) is -1.01. The van der Waals surface area contributed by atoms with Crippen molar-refractivity contribution < 1.29 is 13.5 Å². The molecule has 0 saturated heterocycles. The number of hydrogen-bond acceptors (Lipinski definition) is 4. The summed E-state index contributed by atoms with van der Waals surface area (Å²) >= 11 is 1.37. The number of aliphatic hydroxyl groups is 1. The topological polar surface area (TPSA) is 80.4 Å². The highest BCUT2D eigenvalue weighted by atomic mass is 32.2. The van der Waals surface area contributed by atoms with Crippen LogP contribution >= 0.6 is 11.3 Å². The number of sulfonamides is 1. The van der Waals surface area contributed by atoms with Gasteiger partial charge in [0.05, 0.1) is 5.75 Å². The second kappa shape index (κ2) is 3.75. The first-order valence-corrected chi connectivity index (χ1v) is 6.16. The largest absolute Gasteiger partial charge is 0.386 e. The van der Waals surface area contributed by atoms with Crippen molar-refractivity contribution in [3.05, 3.63) is 21.9 Å². The molecule has 0 bridgehead atoms. The number of nitrogens with two attached hydrogens (primary N) is 1. The lowest BCUT2D eigenvalue weighted by molar-refractivity contribution is 0.205. The Morgan fingerprint density at radius 3 is 2.62 bits per heavy atom. The van der Waals surface area contributed by atoms with Crippen LogP contribution in [0.2, 0.25) is 0 Å². The second-order valence-electron chi connectivity index (χ2n) is 2.79. The predicted octanol–water partition coefficient (Wildman–Crippen LogP) is 0.378. The van der Waals surface area contributed by atoms with Gasteiger partial charge in [-0.25, -0.2) is 13.6 Å². The minimum absolute atomic E-state index is 0.424. The Hall–Kier alpha value is -0.430. The van der Waals surface area contributed by atoms with E-state index in [1.165, 1.54) is 11.3 Å². The summed E-state index contributed by atoms with van der Waals surface area (Å²) in [6, 6.07) is 3.53. The van der Waals surface area contributed by atoms with Gasteiger partial charge in [-0.05, 0) is 19.1 Å². The third-order valence-corrected chi connectivity index (χ3v) is 3.36. The minimum atomic E-state index is -3.61. The Labute approximate surface area is 81.1 Å². The molecule has 1 unspecified atom stereocenters. The van der Waals surface area contributed by atoms with Gasteiger partial charge >= 0.3 is 0 Å². The van der Waals surface area contributed by atoms with E-state index in [2.05, 4.69) is 0 Å². The first-order chi connectivity index (χ1) is 5.88. The number of rotatable bonds is 3. The summed E-state index contributed by atoms with van der Waals surface area (Å²) in [4.78, 5) is 1.66. The van der Waals surface area contributed by atoms with Crippen molar-refractivity contribution in [1.29, 1.82) is 0 Å². The van der Waals surface area contributed by atoms with Crippen LogP contribution in [-0.2, 0) is 10.0 Å². The van der Waals surface area contributed by atoms with E-state index in [9.17, 15) is 13.5 Å². The first kappa shape index (κ1) is 10.6. The van der Waals surface area contributed by atoms with Crippen LogP contribution in [0.3, 0.4) is 0 Å². The maximum Gasteiger partial charge on any atom is 0.212 e. The van der Waals surface area contributed by atoms with E-state index in [0.29, 0.717) is 4.88 Å². The normalized spacial score (nSPS) is 14.4. The zero-order chi connectivity index (χ0) is 10.1. The zero-order valence-electron chi connectivity index (χ0n) is 7.10. The SMILES string of the molecule is Cc1ccc(C(O)CS(N)(=O)=O)s1. The molecule has 1 aromatic heterocycles. The van der Waals surface area contributed by atoms with E-state index in [-0.39, 0.29) is 0 Å². The molecule has 0 radical (unpaired) electrons. The fourth-order valence-corrected chi connectivity index (χ4v) is 2.52. The van der Waals surface area contributed by atoms with Crippen LogP contribution in [0.1, 0.15) is 15.9 Å². The molecule has 0 saturated carbocycles. The van der Waals surface area contributed by atoms with Crippen LogP contribution in [-0.4, -0.2) is 19.3 Å². The molecule has 1 atom stereocenters. The van der Waals surface area contributed by atoms with Crippen molar-refractivity contribution in [2.24, 2.45) is 5.14 Å². The van der Waals surface area contributed by atoms with Crippen molar-refractivity contribution in [1.82, 2.24) is 0 Å². The lowest BCUT2D eigenvalue weighted by Gasteiger charge is -2.05. The van der Waals surface area contributed by atoms with Crippen LogP contribution < -0.4 is 5.14 Å². The molecular formula is C7H11NO3S2. The highest BCUT2D eigenvalue weighted by Gasteiger charge is 2.15. The van der Waals surface area contributed by atoms with Crippen LogP contribution in [0.5, 0.6) is 0 Å². The Morgan fingerprint density at radius 1 is 1.62 bits per heavy atom. The van der Waals surface area contributed by atoms with Crippen molar-refractivity contribution in [3.8, 4) is 0 Å². The monoisotopic (exact) mass is 221 g/mol. The van der Waals surface area contributed by atoms with Gasteiger partial charge in [0.15, 0.2) is 0 Å². The highest BCUT2D eigenvalue weighted by molar-refractivity contribution is 7.89. The second-order valence-corrected chi connectivity index (χ2v) is 5.77. The Morgan fingerprint density at radius 2 is 2.23 bits per heavy atom. The van der Waals surface area contributed by atoms with Crippen LogP contribution in [0.4, 0.5) is 0 Å².